The lowest BCUT2D eigenvalue weighted by atomic mass is 9.99. The third-order valence-corrected chi connectivity index (χ3v) is 8.25. The van der Waals surface area contributed by atoms with Gasteiger partial charge >= 0.3 is 13.8 Å². The van der Waals surface area contributed by atoms with Crippen LogP contribution in [0, 0.1) is 5.92 Å². The van der Waals surface area contributed by atoms with Gasteiger partial charge in [0.1, 0.15) is 11.0 Å². The van der Waals surface area contributed by atoms with E-state index in [1.54, 1.807) is 32.1 Å². The highest BCUT2D eigenvalue weighted by Crippen LogP contribution is 2.51. The van der Waals surface area contributed by atoms with E-state index in [9.17, 15) is 17.7 Å². The molecule has 3 heterocycles. The quantitative estimate of drug-likeness (QED) is 0.371. The van der Waals surface area contributed by atoms with Gasteiger partial charge in [-0.3, -0.25) is 4.57 Å². The van der Waals surface area contributed by atoms with Gasteiger partial charge in [0.15, 0.2) is 5.82 Å². The largest absolute Gasteiger partial charge is 0.451 e. The summed E-state index contributed by atoms with van der Waals surface area (Å²) in [5.41, 5.74) is 2.17. The maximum absolute atomic E-state index is 13.7. The van der Waals surface area contributed by atoms with Gasteiger partial charge < -0.3 is 18.9 Å². The molecule has 0 aliphatic carbocycles. The SMILES string of the molecule is C=Cc1ccc2[nH]c3c(N4CCC(CP(=O)(OCC)OCC)CC4)nc(C(F)(F)F)nc3c2c1. The number of aromatic nitrogens is 3. The van der Waals surface area contributed by atoms with Crippen molar-refractivity contribution < 1.29 is 26.8 Å². The van der Waals surface area contributed by atoms with E-state index in [1.165, 1.54) is 0 Å². The van der Waals surface area contributed by atoms with Crippen LogP contribution in [0.5, 0.6) is 0 Å². The van der Waals surface area contributed by atoms with Crippen molar-refractivity contribution in [2.24, 2.45) is 5.92 Å². The highest BCUT2D eigenvalue weighted by molar-refractivity contribution is 7.53. The van der Waals surface area contributed by atoms with Crippen LogP contribution in [0.1, 0.15) is 38.1 Å². The first-order chi connectivity index (χ1) is 16.2. The molecule has 0 unspecified atom stereocenters. The molecule has 1 fully saturated rings. The van der Waals surface area contributed by atoms with Crippen LogP contribution in [0.3, 0.4) is 0 Å². The van der Waals surface area contributed by atoms with E-state index >= 15 is 0 Å². The first-order valence-corrected chi connectivity index (χ1v) is 13.1. The predicted molar refractivity (Wildman–Crippen MR) is 127 cm³/mol. The first kappa shape index (κ1) is 24.7. The second-order valence-corrected chi connectivity index (χ2v) is 10.4. The highest BCUT2D eigenvalue weighted by Gasteiger charge is 2.37. The Bertz CT molecular complexity index is 1230. The van der Waals surface area contributed by atoms with Gasteiger partial charge in [0, 0.05) is 24.0 Å². The maximum atomic E-state index is 13.7. The molecular weight excluding hydrogens is 468 g/mol. The minimum atomic E-state index is -4.68. The monoisotopic (exact) mass is 496 g/mol. The number of H-pyrrole nitrogens is 1. The van der Waals surface area contributed by atoms with E-state index in [4.69, 9.17) is 9.05 Å². The van der Waals surface area contributed by atoms with E-state index < -0.39 is 19.6 Å². The van der Waals surface area contributed by atoms with Crippen LogP contribution in [0.4, 0.5) is 19.0 Å². The zero-order valence-electron chi connectivity index (χ0n) is 19.2. The van der Waals surface area contributed by atoms with Gasteiger partial charge in [-0.1, -0.05) is 18.7 Å². The molecule has 1 aromatic carbocycles. The zero-order valence-corrected chi connectivity index (χ0v) is 20.1. The number of benzene rings is 1. The molecule has 184 valence electrons. The summed E-state index contributed by atoms with van der Waals surface area (Å²) >= 11 is 0. The van der Waals surface area contributed by atoms with Crippen LogP contribution >= 0.6 is 7.60 Å². The number of piperidine rings is 1. The minimum absolute atomic E-state index is 0.0810. The second kappa shape index (κ2) is 9.68. The molecule has 1 aliphatic rings. The summed E-state index contributed by atoms with van der Waals surface area (Å²) in [6.07, 6.45) is -1.47. The summed E-state index contributed by atoms with van der Waals surface area (Å²) < 4.78 is 64.8. The smallest absolute Gasteiger partial charge is 0.355 e. The number of hydrogen-bond donors (Lipinski definition) is 1. The fraction of sp³-hybridized carbons (Fsp3) is 0.478. The Morgan fingerprint density at radius 2 is 1.88 bits per heavy atom. The number of anilines is 1. The van der Waals surface area contributed by atoms with Gasteiger partial charge in [0.25, 0.3) is 0 Å². The minimum Gasteiger partial charge on any atom is -0.355 e. The average molecular weight is 496 g/mol. The van der Waals surface area contributed by atoms with Crippen molar-refractivity contribution in [2.45, 2.75) is 32.9 Å². The molecule has 3 aromatic rings. The third-order valence-electron chi connectivity index (χ3n) is 5.99. The molecule has 1 N–H and O–H groups in total. The van der Waals surface area contributed by atoms with Crippen LogP contribution in [-0.2, 0) is 19.8 Å². The van der Waals surface area contributed by atoms with Crippen molar-refractivity contribution in [1.82, 2.24) is 15.0 Å². The van der Waals surface area contributed by atoms with Gasteiger partial charge in [0.2, 0.25) is 5.82 Å². The molecule has 7 nitrogen and oxygen atoms in total. The number of halogens is 3. The Kier molecular flexibility index (Phi) is 7.03. The van der Waals surface area contributed by atoms with E-state index in [2.05, 4.69) is 21.5 Å². The molecule has 0 bridgehead atoms. The van der Waals surface area contributed by atoms with E-state index in [1.807, 2.05) is 11.0 Å². The van der Waals surface area contributed by atoms with Gasteiger partial charge in [-0.25, -0.2) is 9.97 Å². The van der Waals surface area contributed by atoms with Crippen molar-refractivity contribution >= 4 is 41.4 Å². The molecule has 1 saturated heterocycles. The summed E-state index contributed by atoms with van der Waals surface area (Å²) in [6.45, 7) is 8.81. The fourth-order valence-corrected chi connectivity index (χ4v) is 6.49. The van der Waals surface area contributed by atoms with Crippen LogP contribution in [0.25, 0.3) is 28.0 Å². The molecular formula is C23H28F3N4O3P. The Hall–Kier alpha value is -2.42. The van der Waals surface area contributed by atoms with Crippen LogP contribution < -0.4 is 4.90 Å². The molecule has 0 atom stereocenters. The molecule has 2 aromatic heterocycles. The molecule has 0 spiro atoms. The molecule has 34 heavy (non-hydrogen) atoms. The summed E-state index contributed by atoms with van der Waals surface area (Å²) in [4.78, 5) is 12.8. The van der Waals surface area contributed by atoms with Crippen molar-refractivity contribution in [3.8, 4) is 0 Å². The molecule has 11 heteroatoms. The Balaban J connectivity index is 1.66. The lowest BCUT2D eigenvalue weighted by Crippen LogP contribution is -2.36. The van der Waals surface area contributed by atoms with E-state index in [0.717, 1.165) is 5.56 Å². The van der Waals surface area contributed by atoms with Crippen molar-refractivity contribution in [2.75, 3.05) is 37.4 Å². The van der Waals surface area contributed by atoms with Crippen LogP contribution in [0.15, 0.2) is 24.8 Å². The van der Waals surface area contributed by atoms with Crippen molar-refractivity contribution in [1.29, 1.82) is 0 Å². The van der Waals surface area contributed by atoms with Crippen molar-refractivity contribution in [3.63, 3.8) is 0 Å². The molecule has 4 rings (SSSR count). The number of nitrogens with zero attached hydrogens (tertiary/aromatic N) is 3. The standard InChI is InChI=1S/C23H28F3N4O3P/c1-4-15-7-8-18-17(13-15)19-20(27-18)21(29-22(28-19)23(24,25)26)30-11-9-16(10-12-30)14-34(31,32-5-2)33-6-3/h4,7-8,13,16,27H,1,5-6,9-12,14H2,2-3H3. The topological polar surface area (TPSA) is 80.3 Å². The number of hydrogen-bond acceptors (Lipinski definition) is 6. The number of rotatable bonds is 8. The molecule has 1 aliphatic heterocycles. The van der Waals surface area contributed by atoms with Crippen molar-refractivity contribution in [3.05, 3.63) is 36.2 Å². The Labute approximate surface area is 195 Å². The highest BCUT2D eigenvalue weighted by atomic mass is 31.2. The normalized spacial score (nSPS) is 16.0. The summed E-state index contributed by atoms with van der Waals surface area (Å²) in [5.74, 6) is -0.860. The summed E-state index contributed by atoms with van der Waals surface area (Å²) in [5, 5.41) is 0.589. The number of aromatic amines is 1. The third kappa shape index (κ3) is 4.99. The zero-order chi connectivity index (χ0) is 24.5. The first-order valence-electron chi connectivity index (χ1n) is 11.3. The predicted octanol–water partition coefficient (Wildman–Crippen LogP) is 6.26. The fourth-order valence-electron chi connectivity index (χ4n) is 4.42. The van der Waals surface area contributed by atoms with Gasteiger partial charge in [-0.05, 0) is 50.3 Å². The summed E-state index contributed by atoms with van der Waals surface area (Å²) in [7, 11) is -3.18. The summed E-state index contributed by atoms with van der Waals surface area (Å²) in [6, 6.07) is 5.41. The number of nitrogens with one attached hydrogen (secondary N) is 1. The van der Waals surface area contributed by atoms with Crippen LogP contribution in [0.2, 0.25) is 0 Å². The maximum Gasteiger partial charge on any atom is 0.451 e. The molecule has 0 radical (unpaired) electrons. The van der Waals surface area contributed by atoms with Crippen LogP contribution in [-0.4, -0.2) is 47.4 Å². The number of alkyl halides is 3. The molecule has 0 saturated carbocycles. The second-order valence-electron chi connectivity index (χ2n) is 8.29. The Morgan fingerprint density at radius 1 is 1.21 bits per heavy atom. The number of fused-ring (bicyclic) bond motifs is 3. The van der Waals surface area contributed by atoms with E-state index in [0.29, 0.717) is 61.7 Å². The lowest BCUT2D eigenvalue weighted by Gasteiger charge is -2.34. The Morgan fingerprint density at radius 3 is 2.47 bits per heavy atom. The van der Waals surface area contributed by atoms with E-state index in [-0.39, 0.29) is 17.3 Å². The van der Waals surface area contributed by atoms with Gasteiger partial charge in [-0.15, -0.1) is 0 Å². The van der Waals surface area contributed by atoms with Gasteiger partial charge in [0.05, 0.1) is 19.4 Å². The molecule has 0 amide bonds. The lowest BCUT2D eigenvalue weighted by molar-refractivity contribution is -0.144. The average Bonchev–Trinajstić information content (AvgIpc) is 3.16. The van der Waals surface area contributed by atoms with Gasteiger partial charge in [-0.2, -0.15) is 13.2 Å².